The molecule has 8 heteroatoms. The molecule has 0 unspecified atom stereocenters. The molecule has 1 fully saturated rings. The molecule has 0 saturated heterocycles. The summed E-state index contributed by atoms with van der Waals surface area (Å²) in [6.07, 6.45) is 5.42. The Bertz CT molecular complexity index is 1270. The highest BCUT2D eigenvalue weighted by Gasteiger charge is 2.33. The normalized spacial score (nSPS) is 15.1. The van der Waals surface area contributed by atoms with Crippen LogP contribution in [0.1, 0.15) is 48.6 Å². The first-order valence-electron chi connectivity index (χ1n) is 12.1. The second-order valence-electron chi connectivity index (χ2n) is 8.99. The minimum atomic E-state index is -0.734. The largest absolute Gasteiger partial charge is 0.351 e. The number of carbonyl (C=O) groups is 2. The van der Waals surface area contributed by atoms with Crippen molar-refractivity contribution < 1.29 is 9.59 Å². The van der Waals surface area contributed by atoms with Crippen molar-refractivity contribution in [1.82, 2.24) is 25.2 Å². The van der Waals surface area contributed by atoms with Crippen LogP contribution in [0.25, 0.3) is 11.0 Å². The molecule has 7 nitrogen and oxygen atoms in total. The summed E-state index contributed by atoms with van der Waals surface area (Å²) in [5.41, 5.74) is 2.33. The zero-order valence-corrected chi connectivity index (χ0v) is 20.4. The molecule has 4 aromatic rings. The topological polar surface area (TPSA) is 80.1 Å². The predicted molar refractivity (Wildman–Crippen MR) is 137 cm³/mol. The maximum Gasteiger partial charge on any atom is 0.247 e. The number of hydrogen-bond donors (Lipinski definition) is 1. The van der Waals surface area contributed by atoms with Gasteiger partial charge in [-0.05, 0) is 42.0 Å². The summed E-state index contributed by atoms with van der Waals surface area (Å²) in [7, 11) is 0. The van der Waals surface area contributed by atoms with Crippen LogP contribution < -0.4 is 5.32 Å². The lowest BCUT2D eigenvalue weighted by atomic mass is 9.94. The second kappa shape index (κ2) is 10.8. The first kappa shape index (κ1) is 23.2. The molecule has 0 bridgehead atoms. The van der Waals surface area contributed by atoms with E-state index in [0.717, 1.165) is 47.2 Å². The Hall–Kier alpha value is -3.52. The molecule has 35 heavy (non-hydrogen) atoms. The summed E-state index contributed by atoms with van der Waals surface area (Å²) >= 11 is 1.58. The van der Waals surface area contributed by atoms with E-state index in [2.05, 4.69) is 15.6 Å². The fraction of sp³-hybridized carbons (Fsp3) is 0.333. The summed E-state index contributed by atoms with van der Waals surface area (Å²) in [5, 5.41) is 13.6. The summed E-state index contributed by atoms with van der Waals surface area (Å²) in [5.74, 6) is -0.307. The monoisotopic (exact) mass is 487 g/mol. The molecule has 0 radical (unpaired) electrons. The highest BCUT2D eigenvalue weighted by atomic mass is 32.1. The molecule has 1 saturated carbocycles. The molecule has 0 spiro atoms. The molecular formula is C27H29N5O2S. The van der Waals surface area contributed by atoms with E-state index in [4.69, 9.17) is 0 Å². The van der Waals surface area contributed by atoms with Gasteiger partial charge >= 0.3 is 0 Å². The Morgan fingerprint density at radius 3 is 2.54 bits per heavy atom. The van der Waals surface area contributed by atoms with Crippen LogP contribution in [0.15, 0.2) is 72.1 Å². The van der Waals surface area contributed by atoms with Crippen molar-refractivity contribution in [3.05, 3.63) is 82.6 Å². The van der Waals surface area contributed by atoms with Gasteiger partial charge in [0.05, 0.1) is 12.1 Å². The van der Waals surface area contributed by atoms with Crippen LogP contribution in [-0.2, 0) is 22.7 Å². The third-order valence-electron chi connectivity index (χ3n) is 6.56. The Morgan fingerprint density at radius 2 is 1.77 bits per heavy atom. The Labute approximate surface area is 208 Å². The van der Waals surface area contributed by atoms with Crippen molar-refractivity contribution in [3.8, 4) is 0 Å². The highest BCUT2D eigenvalue weighted by molar-refractivity contribution is 7.09. The van der Waals surface area contributed by atoms with Crippen LogP contribution in [-0.4, -0.2) is 37.7 Å². The molecule has 1 N–H and O–H groups in total. The first-order chi connectivity index (χ1) is 17.2. The smallest absolute Gasteiger partial charge is 0.247 e. The predicted octanol–water partition coefficient (Wildman–Crippen LogP) is 4.71. The van der Waals surface area contributed by atoms with Crippen molar-refractivity contribution in [1.29, 1.82) is 0 Å². The molecule has 2 aromatic heterocycles. The molecule has 2 heterocycles. The number of rotatable bonds is 8. The van der Waals surface area contributed by atoms with Crippen LogP contribution >= 0.6 is 11.3 Å². The maximum atomic E-state index is 13.9. The number of thiophene rings is 1. The van der Waals surface area contributed by atoms with Gasteiger partial charge in [0.2, 0.25) is 11.8 Å². The summed E-state index contributed by atoms with van der Waals surface area (Å²) < 4.78 is 1.61. The third kappa shape index (κ3) is 5.43. The third-order valence-corrected chi connectivity index (χ3v) is 7.42. The van der Waals surface area contributed by atoms with Crippen molar-refractivity contribution in [3.63, 3.8) is 0 Å². The fourth-order valence-electron chi connectivity index (χ4n) is 4.78. The van der Waals surface area contributed by atoms with Gasteiger partial charge in [0, 0.05) is 10.9 Å². The summed E-state index contributed by atoms with van der Waals surface area (Å²) in [6.45, 7) is 0.354. The molecule has 1 atom stereocenters. The molecule has 0 aliphatic heterocycles. The van der Waals surface area contributed by atoms with E-state index in [1.54, 1.807) is 20.9 Å². The minimum absolute atomic E-state index is 0.00588. The number of amides is 2. The molecule has 180 valence electrons. The first-order valence-corrected chi connectivity index (χ1v) is 13.0. The quantitative estimate of drug-likeness (QED) is 0.390. The van der Waals surface area contributed by atoms with Crippen LogP contribution in [0.5, 0.6) is 0 Å². The standard InChI is InChI=1S/C27H29N5O2S/c33-25(19-32-24-16-8-7-15-23(24)29-30-32)31(18-22-14-9-17-35-22)26(20-10-3-1-4-11-20)27(34)28-21-12-5-2-6-13-21/h1,3-4,7-11,14-17,21,26H,2,5-6,12-13,18-19H2,(H,28,34)/t26-/m0/s1. The van der Waals surface area contributed by atoms with Gasteiger partial charge < -0.3 is 10.2 Å². The Balaban J connectivity index is 1.48. The van der Waals surface area contributed by atoms with Crippen LogP contribution in [0, 0.1) is 0 Å². The number of nitrogens with zero attached hydrogens (tertiary/aromatic N) is 4. The average Bonchev–Trinajstić information content (AvgIpc) is 3.55. The van der Waals surface area contributed by atoms with Gasteiger partial charge in [-0.3, -0.25) is 9.59 Å². The molecule has 2 aromatic carbocycles. The lowest BCUT2D eigenvalue weighted by Gasteiger charge is -2.33. The molecule has 2 amide bonds. The molecule has 1 aliphatic carbocycles. The van der Waals surface area contributed by atoms with Crippen LogP contribution in [0.4, 0.5) is 0 Å². The van der Waals surface area contributed by atoms with E-state index in [9.17, 15) is 9.59 Å². The number of fused-ring (bicyclic) bond motifs is 1. The van der Waals surface area contributed by atoms with Crippen molar-refractivity contribution >= 4 is 34.2 Å². The molecule has 5 rings (SSSR count). The van der Waals surface area contributed by atoms with Gasteiger partial charge in [0.1, 0.15) is 18.1 Å². The average molecular weight is 488 g/mol. The minimum Gasteiger partial charge on any atom is -0.351 e. The van der Waals surface area contributed by atoms with Crippen LogP contribution in [0.2, 0.25) is 0 Å². The van der Waals surface area contributed by atoms with E-state index in [1.165, 1.54) is 6.42 Å². The van der Waals surface area contributed by atoms with E-state index < -0.39 is 6.04 Å². The number of nitrogens with one attached hydrogen (secondary N) is 1. The maximum absolute atomic E-state index is 13.9. The number of aromatic nitrogens is 3. The van der Waals surface area contributed by atoms with E-state index in [0.29, 0.717) is 6.54 Å². The van der Waals surface area contributed by atoms with E-state index >= 15 is 0 Å². The van der Waals surface area contributed by atoms with Gasteiger partial charge in [0.25, 0.3) is 0 Å². The Morgan fingerprint density at radius 1 is 1.00 bits per heavy atom. The van der Waals surface area contributed by atoms with Gasteiger partial charge in [-0.25, -0.2) is 4.68 Å². The van der Waals surface area contributed by atoms with Gasteiger partial charge in [0.15, 0.2) is 0 Å². The fourth-order valence-corrected chi connectivity index (χ4v) is 5.48. The van der Waals surface area contributed by atoms with Gasteiger partial charge in [-0.15, -0.1) is 16.4 Å². The van der Waals surface area contributed by atoms with Crippen molar-refractivity contribution in [2.24, 2.45) is 0 Å². The SMILES string of the molecule is O=C(NC1CCCCC1)[C@H](c1ccccc1)N(Cc1cccs1)C(=O)Cn1nnc2ccccc21. The van der Waals surface area contributed by atoms with Crippen molar-refractivity contribution in [2.45, 2.75) is 57.3 Å². The van der Waals surface area contributed by atoms with E-state index in [-0.39, 0.29) is 24.4 Å². The number of para-hydroxylation sites is 1. The zero-order chi connectivity index (χ0) is 24.0. The summed E-state index contributed by atoms with van der Waals surface area (Å²) in [6, 6.07) is 20.5. The Kier molecular flexibility index (Phi) is 7.18. The highest BCUT2D eigenvalue weighted by Crippen LogP contribution is 2.27. The molecular weight excluding hydrogens is 458 g/mol. The van der Waals surface area contributed by atoms with Gasteiger partial charge in [-0.1, -0.05) is 73.0 Å². The second-order valence-corrected chi connectivity index (χ2v) is 10.0. The zero-order valence-electron chi connectivity index (χ0n) is 19.5. The van der Waals surface area contributed by atoms with E-state index in [1.807, 2.05) is 72.1 Å². The summed E-state index contributed by atoms with van der Waals surface area (Å²) in [4.78, 5) is 30.3. The number of benzene rings is 2. The van der Waals surface area contributed by atoms with Gasteiger partial charge in [-0.2, -0.15) is 0 Å². The van der Waals surface area contributed by atoms with Crippen LogP contribution in [0.3, 0.4) is 0 Å². The lowest BCUT2D eigenvalue weighted by Crippen LogP contribution is -2.47. The molecule has 1 aliphatic rings. The lowest BCUT2D eigenvalue weighted by molar-refractivity contribution is -0.142. The number of carbonyl (C=O) groups excluding carboxylic acids is 2. The van der Waals surface area contributed by atoms with Crippen molar-refractivity contribution in [2.75, 3.05) is 0 Å². The number of hydrogen-bond acceptors (Lipinski definition) is 5.